The molecule has 21 heavy (non-hydrogen) atoms. The average Bonchev–Trinajstić information content (AvgIpc) is 2.47. The van der Waals surface area contributed by atoms with Crippen LogP contribution in [0.5, 0.6) is 11.5 Å². The van der Waals surface area contributed by atoms with Gasteiger partial charge in [0.15, 0.2) is 12.4 Å². The monoisotopic (exact) mass is 306 g/mol. The zero-order chi connectivity index (χ0) is 15.2. The third-order valence-electron chi connectivity index (χ3n) is 2.70. The summed E-state index contributed by atoms with van der Waals surface area (Å²) in [5, 5.41) is 3.06. The highest BCUT2D eigenvalue weighted by atomic mass is 35.5. The molecule has 5 nitrogen and oxygen atoms in total. The number of methoxy groups -OCH3 is 1. The predicted octanol–water partition coefficient (Wildman–Crippen LogP) is 2.95. The number of rotatable bonds is 5. The van der Waals surface area contributed by atoms with E-state index in [0.717, 1.165) is 0 Å². The van der Waals surface area contributed by atoms with Crippen molar-refractivity contribution < 1.29 is 14.3 Å². The summed E-state index contributed by atoms with van der Waals surface area (Å²) >= 11 is 5.96. The zero-order valence-corrected chi connectivity index (χ0v) is 12.2. The normalized spacial score (nSPS) is 10.0. The van der Waals surface area contributed by atoms with Crippen molar-refractivity contribution in [1.29, 1.82) is 0 Å². The van der Waals surface area contributed by atoms with Crippen LogP contribution in [0.3, 0.4) is 0 Å². The van der Waals surface area contributed by atoms with Gasteiger partial charge in [-0.05, 0) is 24.3 Å². The summed E-state index contributed by atoms with van der Waals surface area (Å²) in [6, 6.07) is 12.0. The quantitative estimate of drug-likeness (QED) is 0.833. The standard InChI is InChI=1S/C15H15ClN2O3/c1-20-11-5-2-4-10(8-11)18-14(19)9-21-15-12(16)6-3-7-13(15)17/h2-8H,9,17H2,1H3,(H,18,19). The molecular weight excluding hydrogens is 292 g/mol. The van der Waals surface area contributed by atoms with Gasteiger partial charge in [0.05, 0.1) is 17.8 Å². The first-order valence-electron chi connectivity index (χ1n) is 6.21. The molecule has 0 atom stereocenters. The fraction of sp³-hybridized carbons (Fsp3) is 0.133. The second-order valence-electron chi connectivity index (χ2n) is 4.23. The Hall–Kier alpha value is -2.40. The lowest BCUT2D eigenvalue weighted by atomic mass is 10.3. The minimum absolute atomic E-state index is 0.189. The number of carbonyl (C=O) groups is 1. The van der Waals surface area contributed by atoms with Gasteiger partial charge >= 0.3 is 0 Å². The summed E-state index contributed by atoms with van der Waals surface area (Å²) in [5.41, 5.74) is 6.75. The van der Waals surface area contributed by atoms with Gasteiger partial charge in [-0.3, -0.25) is 4.79 Å². The molecule has 0 radical (unpaired) electrons. The van der Waals surface area contributed by atoms with Crippen molar-refractivity contribution in [3.05, 3.63) is 47.5 Å². The summed E-state index contributed by atoms with van der Waals surface area (Å²) < 4.78 is 10.4. The van der Waals surface area contributed by atoms with E-state index in [-0.39, 0.29) is 12.5 Å². The number of halogens is 1. The Morgan fingerprint density at radius 3 is 2.76 bits per heavy atom. The highest BCUT2D eigenvalue weighted by molar-refractivity contribution is 6.32. The van der Waals surface area contributed by atoms with Crippen molar-refractivity contribution in [1.82, 2.24) is 0 Å². The predicted molar refractivity (Wildman–Crippen MR) is 83.0 cm³/mol. The maximum atomic E-state index is 11.8. The Morgan fingerprint density at radius 2 is 2.05 bits per heavy atom. The van der Waals surface area contributed by atoms with Gasteiger partial charge in [-0.15, -0.1) is 0 Å². The molecule has 2 aromatic carbocycles. The molecule has 6 heteroatoms. The molecule has 0 saturated carbocycles. The largest absolute Gasteiger partial charge is 0.497 e. The maximum Gasteiger partial charge on any atom is 0.262 e. The molecule has 2 rings (SSSR count). The molecule has 2 aromatic rings. The fourth-order valence-corrected chi connectivity index (χ4v) is 1.95. The average molecular weight is 307 g/mol. The third-order valence-corrected chi connectivity index (χ3v) is 3.00. The van der Waals surface area contributed by atoms with Crippen molar-refractivity contribution in [2.45, 2.75) is 0 Å². The van der Waals surface area contributed by atoms with Crippen molar-refractivity contribution in [2.24, 2.45) is 0 Å². The summed E-state index contributed by atoms with van der Waals surface area (Å²) in [7, 11) is 1.56. The fourth-order valence-electron chi connectivity index (χ4n) is 1.71. The number of hydrogen-bond donors (Lipinski definition) is 2. The van der Waals surface area contributed by atoms with Gasteiger partial charge in [-0.25, -0.2) is 0 Å². The lowest BCUT2D eigenvalue weighted by Gasteiger charge is -2.11. The van der Waals surface area contributed by atoms with Gasteiger partial charge in [-0.1, -0.05) is 23.7 Å². The molecule has 0 heterocycles. The van der Waals surface area contributed by atoms with E-state index < -0.39 is 0 Å². The Bertz CT molecular complexity index is 626. The number of hydrogen-bond acceptors (Lipinski definition) is 4. The number of para-hydroxylation sites is 1. The number of nitrogens with two attached hydrogens (primary N) is 1. The van der Waals surface area contributed by atoms with E-state index in [9.17, 15) is 4.79 Å². The minimum Gasteiger partial charge on any atom is -0.497 e. The first-order chi connectivity index (χ1) is 10.1. The number of ether oxygens (including phenoxy) is 2. The molecule has 0 aliphatic rings. The van der Waals surface area contributed by atoms with Gasteiger partial charge in [0.2, 0.25) is 0 Å². The minimum atomic E-state index is -0.317. The van der Waals surface area contributed by atoms with Crippen molar-refractivity contribution >= 4 is 28.9 Å². The van der Waals surface area contributed by atoms with E-state index in [1.807, 2.05) is 0 Å². The van der Waals surface area contributed by atoms with E-state index >= 15 is 0 Å². The summed E-state index contributed by atoms with van der Waals surface area (Å²) in [6.45, 7) is -0.189. The van der Waals surface area contributed by atoms with E-state index in [1.54, 1.807) is 49.6 Å². The van der Waals surface area contributed by atoms with E-state index in [0.29, 0.717) is 27.9 Å². The van der Waals surface area contributed by atoms with E-state index in [2.05, 4.69) is 5.32 Å². The van der Waals surface area contributed by atoms with Gasteiger partial charge in [0.25, 0.3) is 5.91 Å². The third kappa shape index (κ3) is 4.03. The first kappa shape index (κ1) is 15.0. The molecule has 0 bridgehead atoms. The molecule has 3 N–H and O–H groups in total. The highest BCUT2D eigenvalue weighted by Gasteiger charge is 2.09. The molecule has 1 amide bonds. The van der Waals surface area contributed by atoms with E-state index in [1.165, 1.54) is 0 Å². The molecule has 0 saturated heterocycles. The van der Waals surface area contributed by atoms with Gasteiger partial charge < -0.3 is 20.5 Å². The van der Waals surface area contributed by atoms with Gasteiger partial charge in [0, 0.05) is 11.8 Å². The van der Waals surface area contributed by atoms with Crippen LogP contribution in [0.2, 0.25) is 5.02 Å². The van der Waals surface area contributed by atoms with Crippen LogP contribution >= 0.6 is 11.6 Å². The van der Waals surface area contributed by atoms with Crippen molar-refractivity contribution in [2.75, 3.05) is 24.8 Å². The van der Waals surface area contributed by atoms with Crippen LogP contribution in [0.15, 0.2) is 42.5 Å². The van der Waals surface area contributed by atoms with Crippen LogP contribution in [-0.4, -0.2) is 19.6 Å². The van der Waals surface area contributed by atoms with Crippen LogP contribution < -0.4 is 20.5 Å². The summed E-state index contributed by atoms with van der Waals surface area (Å²) in [5.74, 6) is 0.645. The molecule has 0 aromatic heterocycles. The number of nitrogen functional groups attached to an aromatic ring is 1. The maximum absolute atomic E-state index is 11.8. The van der Waals surface area contributed by atoms with Gasteiger partial charge in [0.1, 0.15) is 5.75 Å². The van der Waals surface area contributed by atoms with Crippen LogP contribution in [0.4, 0.5) is 11.4 Å². The number of carbonyl (C=O) groups excluding carboxylic acids is 1. The van der Waals surface area contributed by atoms with Crippen molar-refractivity contribution in [3.8, 4) is 11.5 Å². The number of amides is 1. The molecule has 0 spiro atoms. The van der Waals surface area contributed by atoms with Crippen LogP contribution in [0.1, 0.15) is 0 Å². The number of anilines is 2. The van der Waals surface area contributed by atoms with Crippen molar-refractivity contribution in [3.63, 3.8) is 0 Å². The zero-order valence-electron chi connectivity index (χ0n) is 11.4. The number of benzene rings is 2. The SMILES string of the molecule is COc1cccc(NC(=O)COc2c(N)cccc2Cl)c1. The summed E-state index contributed by atoms with van der Waals surface area (Å²) in [4.78, 5) is 11.8. The second kappa shape index (κ2) is 6.85. The number of nitrogens with one attached hydrogen (secondary N) is 1. The second-order valence-corrected chi connectivity index (χ2v) is 4.63. The lowest BCUT2D eigenvalue weighted by molar-refractivity contribution is -0.118. The Balaban J connectivity index is 1.96. The molecule has 0 aliphatic heterocycles. The molecular formula is C15H15ClN2O3. The van der Waals surface area contributed by atoms with Crippen LogP contribution in [0.25, 0.3) is 0 Å². The van der Waals surface area contributed by atoms with E-state index in [4.69, 9.17) is 26.8 Å². The Morgan fingerprint density at radius 1 is 1.29 bits per heavy atom. The topological polar surface area (TPSA) is 73.6 Å². The lowest BCUT2D eigenvalue weighted by Crippen LogP contribution is -2.20. The molecule has 0 aliphatic carbocycles. The van der Waals surface area contributed by atoms with Crippen LogP contribution in [0, 0.1) is 0 Å². The molecule has 0 fully saturated rings. The summed E-state index contributed by atoms with van der Waals surface area (Å²) in [6.07, 6.45) is 0. The van der Waals surface area contributed by atoms with Gasteiger partial charge in [-0.2, -0.15) is 0 Å². The smallest absolute Gasteiger partial charge is 0.262 e. The Kier molecular flexibility index (Phi) is 4.90. The van der Waals surface area contributed by atoms with Crippen LogP contribution in [-0.2, 0) is 4.79 Å². The highest BCUT2D eigenvalue weighted by Crippen LogP contribution is 2.30. The Labute approximate surface area is 127 Å². The first-order valence-corrected chi connectivity index (χ1v) is 6.58. The molecule has 0 unspecified atom stereocenters. The molecule has 110 valence electrons.